The third kappa shape index (κ3) is 2.91. The predicted octanol–water partition coefficient (Wildman–Crippen LogP) is 0.416. The average Bonchev–Trinajstić information content (AvgIpc) is 2.80. The minimum Gasteiger partial charge on any atom is -0.381 e. The van der Waals surface area contributed by atoms with Gasteiger partial charge in [0.05, 0.1) is 32.5 Å². The Labute approximate surface area is 91.3 Å². The van der Waals surface area contributed by atoms with E-state index in [9.17, 15) is 0 Å². The summed E-state index contributed by atoms with van der Waals surface area (Å²) >= 11 is 0. The van der Waals surface area contributed by atoms with Crippen molar-refractivity contribution in [3.05, 3.63) is 0 Å². The number of nitrogens with one attached hydrogen (secondary N) is 1. The quantitative estimate of drug-likeness (QED) is 0.737. The van der Waals surface area contributed by atoms with Crippen LogP contribution in [0.4, 0.5) is 0 Å². The first-order valence-corrected chi connectivity index (χ1v) is 5.92. The van der Waals surface area contributed by atoms with Crippen LogP contribution in [0.2, 0.25) is 0 Å². The Morgan fingerprint density at radius 2 is 2.07 bits per heavy atom. The number of likely N-dealkylation sites (N-methyl/N-ethyl adjacent to an activating group) is 1. The van der Waals surface area contributed by atoms with Crippen molar-refractivity contribution in [3.8, 4) is 0 Å². The maximum Gasteiger partial charge on any atom is 0.0965 e. The number of rotatable bonds is 4. The summed E-state index contributed by atoms with van der Waals surface area (Å²) in [6, 6.07) is 0.387. The van der Waals surface area contributed by atoms with E-state index >= 15 is 0 Å². The highest BCUT2D eigenvalue weighted by Gasteiger charge is 2.33. The van der Waals surface area contributed by atoms with Crippen molar-refractivity contribution in [2.75, 3.05) is 39.6 Å². The lowest BCUT2D eigenvalue weighted by Gasteiger charge is -2.34. The molecule has 0 radical (unpaired) electrons. The maximum absolute atomic E-state index is 5.76. The van der Waals surface area contributed by atoms with Crippen molar-refractivity contribution in [2.24, 2.45) is 5.92 Å². The summed E-state index contributed by atoms with van der Waals surface area (Å²) < 4.78 is 16.7. The van der Waals surface area contributed by atoms with E-state index in [0.29, 0.717) is 18.6 Å². The van der Waals surface area contributed by atoms with Crippen molar-refractivity contribution < 1.29 is 14.2 Å². The largest absolute Gasteiger partial charge is 0.381 e. The van der Waals surface area contributed by atoms with Crippen LogP contribution < -0.4 is 5.32 Å². The lowest BCUT2D eigenvalue weighted by Crippen LogP contribution is -2.51. The smallest absolute Gasteiger partial charge is 0.0965 e. The minimum absolute atomic E-state index is 0.199. The maximum atomic E-state index is 5.76. The van der Waals surface area contributed by atoms with Gasteiger partial charge in [-0.1, -0.05) is 6.92 Å². The first-order chi connectivity index (χ1) is 7.42. The molecule has 2 fully saturated rings. The molecule has 3 atom stereocenters. The average molecular weight is 215 g/mol. The van der Waals surface area contributed by atoms with Gasteiger partial charge in [-0.2, -0.15) is 0 Å². The summed E-state index contributed by atoms with van der Waals surface area (Å²) in [7, 11) is 0. The first-order valence-electron chi connectivity index (χ1n) is 5.92. The lowest BCUT2D eigenvalue weighted by atomic mass is 9.94. The fraction of sp³-hybridized carbons (Fsp3) is 1.00. The third-order valence-electron chi connectivity index (χ3n) is 3.15. The van der Waals surface area contributed by atoms with Crippen LogP contribution in [-0.2, 0) is 14.2 Å². The van der Waals surface area contributed by atoms with Gasteiger partial charge >= 0.3 is 0 Å². The van der Waals surface area contributed by atoms with Gasteiger partial charge in [-0.15, -0.1) is 0 Å². The predicted molar refractivity (Wildman–Crippen MR) is 56.9 cm³/mol. The fourth-order valence-electron chi connectivity index (χ4n) is 2.39. The summed E-state index contributed by atoms with van der Waals surface area (Å²) in [5.41, 5.74) is 0. The monoisotopic (exact) mass is 215 g/mol. The summed E-state index contributed by atoms with van der Waals surface area (Å²) in [6.45, 7) is 7.02. The van der Waals surface area contributed by atoms with E-state index in [2.05, 4.69) is 12.2 Å². The van der Waals surface area contributed by atoms with Gasteiger partial charge in [-0.3, -0.25) is 0 Å². The molecule has 2 heterocycles. The molecule has 0 aromatic rings. The number of ether oxygens (including phenoxy) is 3. The molecule has 2 saturated heterocycles. The molecule has 0 aromatic heterocycles. The molecule has 0 saturated carbocycles. The Morgan fingerprint density at radius 1 is 1.20 bits per heavy atom. The van der Waals surface area contributed by atoms with Gasteiger partial charge < -0.3 is 19.5 Å². The third-order valence-corrected chi connectivity index (χ3v) is 3.15. The zero-order valence-corrected chi connectivity index (χ0v) is 9.41. The normalized spacial score (nSPS) is 34.2. The van der Waals surface area contributed by atoms with Crippen molar-refractivity contribution in [2.45, 2.75) is 25.5 Å². The van der Waals surface area contributed by atoms with Crippen LogP contribution in [0, 0.1) is 5.92 Å². The summed E-state index contributed by atoms with van der Waals surface area (Å²) in [5, 5.41) is 3.51. The van der Waals surface area contributed by atoms with Crippen LogP contribution in [0.5, 0.6) is 0 Å². The molecule has 0 aliphatic carbocycles. The van der Waals surface area contributed by atoms with Crippen LogP contribution in [0.25, 0.3) is 0 Å². The molecule has 0 spiro atoms. The zero-order valence-electron chi connectivity index (χ0n) is 9.41. The molecule has 2 rings (SSSR count). The minimum atomic E-state index is 0.199. The van der Waals surface area contributed by atoms with E-state index in [1.54, 1.807) is 0 Å². The molecule has 2 aliphatic rings. The second-order valence-electron chi connectivity index (χ2n) is 4.19. The van der Waals surface area contributed by atoms with E-state index in [4.69, 9.17) is 14.2 Å². The van der Waals surface area contributed by atoms with Crippen LogP contribution in [-0.4, -0.2) is 51.7 Å². The molecule has 0 aromatic carbocycles. The summed E-state index contributed by atoms with van der Waals surface area (Å²) in [5.74, 6) is 0.580. The molecular formula is C11H21NO3. The SMILES string of the molecule is CCNC(C1CCOC1)C1COCCO1. The van der Waals surface area contributed by atoms with Crippen molar-refractivity contribution >= 4 is 0 Å². The molecule has 15 heavy (non-hydrogen) atoms. The van der Waals surface area contributed by atoms with Gasteiger partial charge in [0.1, 0.15) is 0 Å². The highest BCUT2D eigenvalue weighted by Crippen LogP contribution is 2.21. The standard InChI is InChI=1S/C11H21NO3/c1-2-12-11(9-3-4-13-7-9)10-8-14-5-6-15-10/h9-12H,2-8H2,1H3. The summed E-state index contributed by atoms with van der Waals surface area (Å²) in [6.07, 6.45) is 1.34. The van der Waals surface area contributed by atoms with E-state index < -0.39 is 0 Å². The molecule has 0 bridgehead atoms. The van der Waals surface area contributed by atoms with E-state index in [1.807, 2.05) is 0 Å². The van der Waals surface area contributed by atoms with Crippen LogP contribution >= 0.6 is 0 Å². The van der Waals surface area contributed by atoms with E-state index in [1.165, 1.54) is 0 Å². The molecule has 2 aliphatic heterocycles. The second-order valence-corrected chi connectivity index (χ2v) is 4.19. The van der Waals surface area contributed by atoms with Gasteiger partial charge in [0.15, 0.2) is 0 Å². The Hall–Kier alpha value is -0.160. The first kappa shape index (κ1) is 11.3. The van der Waals surface area contributed by atoms with Gasteiger partial charge in [-0.05, 0) is 13.0 Å². The van der Waals surface area contributed by atoms with Gasteiger partial charge in [0.25, 0.3) is 0 Å². The fourth-order valence-corrected chi connectivity index (χ4v) is 2.39. The Kier molecular flexibility index (Phi) is 4.38. The highest BCUT2D eigenvalue weighted by atomic mass is 16.6. The van der Waals surface area contributed by atoms with Gasteiger partial charge in [-0.25, -0.2) is 0 Å². The van der Waals surface area contributed by atoms with Gasteiger partial charge in [0.2, 0.25) is 0 Å². The molecule has 0 amide bonds. The Morgan fingerprint density at radius 3 is 2.67 bits per heavy atom. The molecule has 88 valence electrons. The van der Waals surface area contributed by atoms with Gasteiger partial charge in [0, 0.05) is 18.6 Å². The molecule has 4 heteroatoms. The van der Waals surface area contributed by atoms with Crippen LogP contribution in [0.3, 0.4) is 0 Å². The van der Waals surface area contributed by atoms with Crippen LogP contribution in [0.15, 0.2) is 0 Å². The summed E-state index contributed by atoms with van der Waals surface area (Å²) in [4.78, 5) is 0. The topological polar surface area (TPSA) is 39.7 Å². The zero-order chi connectivity index (χ0) is 10.5. The Balaban J connectivity index is 1.90. The van der Waals surface area contributed by atoms with Crippen molar-refractivity contribution in [1.29, 1.82) is 0 Å². The molecular weight excluding hydrogens is 194 g/mol. The molecule has 4 nitrogen and oxygen atoms in total. The molecule has 3 unspecified atom stereocenters. The lowest BCUT2D eigenvalue weighted by molar-refractivity contribution is -0.108. The number of hydrogen-bond acceptors (Lipinski definition) is 4. The Bertz CT molecular complexity index is 177. The molecule has 1 N–H and O–H groups in total. The van der Waals surface area contributed by atoms with E-state index in [0.717, 1.165) is 39.4 Å². The second kappa shape index (κ2) is 5.80. The van der Waals surface area contributed by atoms with E-state index in [-0.39, 0.29) is 6.10 Å². The van der Waals surface area contributed by atoms with Crippen molar-refractivity contribution in [1.82, 2.24) is 5.32 Å². The number of hydrogen-bond donors (Lipinski definition) is 1. The highest BCUT2D eigenvalue weighted by molar-refractivity contribution is 4.86. The van der Waals surface area contributed by atoms with Crippen molar-refractivity contribution in [3.63, 3.8) is 0 Å². The van der Waals surface area contributed by atoms with Crippen LogP contribution in [0.1, 0.15) is 13.3 Å².